The molecule has 0 aliphatic rings. The Balaban J connectivity index is 2.45. The van der Waals surface area contributed by atoms with E-state index in [4.69, 9.17) is 5.73 Å². The number of aromatic nitrogens is 1. The van der Waals surface area contributed by atoms with Gasteiger partial charge in [-0.1, -0.05) is 6.92 Å². The Bertz CT molecular complexity index is 494. The summed E-state index contributed by atoms with van der Waals surface area (Å²) in [5, 5.41) is 4.60. The summed E-state index contributed by atoms with van der Waals surface area (Å²) in [5.74, 6) is 0. The smallest absolute Gasteiger partial charge is 0.0743 e. The van der Waals surface area contributed by atoms with Crippen molar-refractivity contribution in [2.45, 2.75) is 26.3 Å². The molecule has 0 fully saturated rings. The van der Waals surface area contributed by atoms with E-state index >= 15 is 0 Å². The Morgan fingerprint density at radius 3 is 2.94 bits per heavy atom. The lowest BCUT2D eigenvalue weighted by molar-refractivity contribution is 0.765. The Kier molecular flexibility index (Phi) is 2.95. The molecule has 1 atom stereocenters. The highest BCUT2D eigenvalue weighted by Crippen LogP contribution is 2.24. The summed E-state index contributed by atoms with van der Waals surface area (Å²) in [6.45, 7) is 4.34. The first kappa shape index (κ1) is 10.7. The van der Waals surface area contributed by atoms with Gasteiger partial charge in [0.15, 0.2) is 0 Å². The van der Waals surface area contributed by atoms with E-state index < -0.39 is 0 Å². The van der Waals surface area contributed by atoms with Gasteiger partial charge in [-0.15, -0.1) is 0 Å². The number of nitrogens with two attached hydrogens (primary N) is 1. The average molecular weight is 215 g/mol. The summed E-state index contributed by atoms with van der Waals surface area (Å²) in [4.78, 5) is 4.32. The first-order valence-electron chi connectivity index (χ1n) is 5.61. The minimum atomic E-state index is 0.461. The van der Waals surface area contributed by atoms with Gasteiger partial charge in [0.25, 0.3) is 0 Å². The third-order valence-electron chi connectivity index (χ3n) is 2.78. The van der Waals surface area contributed by atoms with Crippen molar-refractivity contribution in [3.8, 4) is 0 Å². The fourth-order valence-electron chi connectivity index (χ4n) is 1.66. The molecular weight excluding hydrogens is 198 g/mol. The number of nitrogen functional groups attached to an aromatic ring is 1. The molecule has 1 unspecified atom stereocenters. The molecule has 0 amide bonds. The monoisotopic (exact) mass is 215 g/mol. The Labute approximate surface area is 95.7 Å². The lowest BCUT2D eigenvalue weighted by atomic mass is 10.1. The molecule has 0 bridgehead atoms. The van der Waals surface area contributed by atoms with Crippen molar-refractivity contribution in [2.75, 3.05) is 11.1 Å². The minimum Gasteiger partial charge on any atom is -0.399 e. The predicted octanol–water partition coefficient (Wildman–Crippen LogP) is 3.03. The van der Waals surface area contributed by atoms with Gasteiger partial charge >= 0.3 is 0 Å². The van der Waals surface area contributed by atoms with Crippen LogP contribution in [0.1, 0.15) is 20.3 Å². The summed E-state index contributed by atoms with van der Waals surface area (Å²) >= 11 is 0. The maximum Gasteiger partial charge on any atom is 0.0743 e. The van der Waals surface area contributed by atoms with Crippen molar-refractivity contribution in [2.24, 2.45) is 0 Å². The van der Waals surface area contributed by atoms with E-state index in [1.54, 1.807) is 0 Å². The van der Waals surface area contributed by atoms with Crippen LogP contribution in [-0.4, -0.2) is 11.0 Å². The molecule has 2 aromatic rings. The molecule has 1 aromatic heterocycles. The van der Waals surface area contributed by atoms with Crippen LogP contribution in [0.15, 0.2) is 30.5 Å². The number of benzene rings is 1. The minimum absolute atomic E-state index is 0.461. The number of nitrogens with one attached hydrogen (secondary N) is 1. The summed E-state index contributed by atoms with van der Waals surface area (Å²) in [6, 6.07) is 8.29. The second-order valence-corrected chi connectivity index (χ2v) is 4.09. The molecule has 2 rings (SSSR count). The first-order valence-corrected chi connectivity index (χ1v) is 5.61. The highest BCUT2D eigenvalue weighted by molar-refractivity contribution is 5.92. The van der Waals surface area contributed by atoms with Crippen LogP contribution in [0, 0.1) is 0 Å². The third-order valence-corrected chi connectivity index (χ3v) is 2.78. The van der Waals surface area contributed by atoms with Crippen LogP contribution in [0.4, 0.5) is 11.4 Å². The summed E-state index contributed by atoms with van der Waals surface area (Å²) < 4.78 is 0. The molecule has 0 aliphatic heterocycles. The second kappa shape index (κ2) is 4.39. The summed E-state index contributed by atoms with van der Waals surface area (Å²) in [5.41, 5.74) is 8.55. The number of rotatable bonds is 3. The van der Waals surface area contributed by atoms with Crippen LogP contribution < -0.4 is 11.1 Å². The largest absolute Gasteiger partial charge is 0.399 e. The Morgan fingerprint density at radius 1 is 1.38 bits per heavy atom. The van der Waals surface area contributed by atoms with Crippen molar-refractivity contribution in [3.05, 3.63) is 30.5 Å². The molecule has 0 spiro atoms. The number of anilines is 2. The standard InChI is InChI=1S/C13H17N3/c1-3-9(2)16-12-6-7-15-13-8-10(14)4-5-11(12)13/h4-9H,3,14H2,1-2H3,(H,15,16). The van der Waals surface area contributed by atoms with Gasteiger partial charge in [-0.3, -0.25) is 4.98 Å². The Hall–Kier alpha value is -1.77. The highest BCUT2D eigenvalue weighted by Gasteiger charge is 2.04. The predicted molar refractivity (Wildman–Crippen MR) is 69.5 cm³/mol. The van der Waals surface area contributed by atoms with Gasteiger partial charge in [0, 0.05) is 29.0 Å². The van der Waals surface area contributed by atoms with Crippen molar-refractivity contribution in [3.63, 3.8) is 0 Å². The molecule has 16 heavy (non-hydrogen) atoms. The topological polar surface area (TPSA) is 50.9 Å². The SMILES string of the molecule is CCC(C)Nc1ccnc2cc(N)ccc12. The van der Waals surface area contributed by atoms with E-state index in [9.17, 15) is 0 Å². The van der Waals surface area contributed by atoms with E-state index in [-0.39, 0.29) is 0 Å². The molecule has 0 radical (unpaired) electrons. The van der Waals surface area contributed by atoms with Crippen LogP contribution in [0.3, 0.4) is 0 Å². The normalized spacial score (nSPS) is 12.6. The summed E-state index contributed by atoms with van der Waals surface area (Å²) in [7, 11) is 0. The van der Waals surface area contributed by atoms with E-state index in [1.165, 1.54) is 0 Å². The molecule has 3 N–H and O–H groups in total. The van der Waals surface area contributed by atoms with Gasteiger partial charge < -0.3 is 11.1 Å². The fraction of sp³-hybridized carbons (Fsp3) is 0.308. The van der Waals surface area contributed by atoms with Crippen molar-refractivity contribution in [1.82, 2.24) is 4.98 Å². The molecule has 0 saturated carbocycles. The quantitative estimate of drug-likeness (QED) is 0.774. The van der Waals surface area contributed by atoms with E-state index in [2.05, 4.69) is 24.1 Å². The van der Waals surface area contributed by atoms with Crippen LogP contribution in [0.25, 0.3) is 10.9 Å². The maximum absolute atomic E-state index is 5.74. The Morgan fingerprint density at radius 2 is 2.19 bits per heavy atom. The van der Waals surface area contributed by atoms with Gasteiger partial charge in [0.1, 0.15) is 0 Å². The zero-order valence-corrected chi connectivity index (χ0v) is 9.70. The lowest BCUT2D eigenvalue weighted by Gasteiger charge is -2.14. The number of pyridine rings is 1. The molecule has 3 heteroatoms. The maximum atomic E-state index is 5.74. The van der Waals surface area contributed by atoms with Gasteiger partial charge in [0.2, 0.25) is 0 Å². The second-order valence-electron chi connectivity index (χ2n) is 4.09. The number of hydrogen-bond donors (Lipinski definition) is 2. The molecule has 1 aromatic carbocycles. The fourth-order valence-corrected chi connectivity index (χ4v) is 1.66. The van der Waals surface area contributed by atoms with Gasteiger partial charge in [0.05, 0.1) is 5.52 Å². The summed E-state index contributed by atoms with van der Waals surface area (Å²) in [6.07, 6.45) is 2.91. The number of hydrogen-bond acceptors (Lipinski definition) is 3. The zero-order chi connectivity index (χ0) is 11.5. The van der Waals surface area contributed by atoms with E-state index in [1.807, 2.05) is 30.5 Å². The van der Waals surface area contributed by atoms with Crippen LogP contribution in [0.5, 0.6) is 0 Å². The highest BCUT2D eigenvalue weighted by atomic mass is 14.9. The molecule has 1 heterocycles. The van der Waals surface area contributed by atoms with Crippen molar-refractivity contribution >= 4 is 22.3 Å². The van der Waals surface area contributed by atoms with Crippen molar-refractivity contribution in [1.29, 1.82) is 0 Å². The van der Waals surface area contributed by atoms with Crippen LogP contribution in [0.2, 0.25) is 0 Å². The van der Waals surface area contributed by atoms with Gasteiger partial charge in [-0.2, -0.15) is 0 Å². The first-order chi connectivity index (χ1) is 7.70. The molecule has 84 valence electrons. The van der Waals surface area contributed by atoms with Gasteiger partial charge in [-0.05, 0) is 37.6 Å². The average Bonchev–Trinajstić information content (AvgIpc) is 2.28. The number of fused-ring (bicyclic) bond motifs is 1. The zero-order valence-electron chi connectivity index (χ0n) is 9.70. The molecule has 0 saturated heterocycles. The molecule has 3 nitrogen and oxygen atoms in total. The van der Waals surface area contributed by atoms with Crippen LogP contribution in [-0.2, 0) is 0 Å². The molecule has 0 aliphatic carbocycles. The van der Waals surface area contributed by atoms with E-state index in [0.717, 1.165) is 28.7 Å². The third kappa shape index (κ3) is 2.08. The van der Waals surface area contributed by atoms with Crippen LogP contribution >= 0.6 is 0 Å². The van der Waals surface area contributed by atoms with Crippen molar-refractivity contribution < 1.29 is 0 Å². The number of nitrogens with zero attached hydrogens (tertiary/aromatic N) is 1. The van der Waals surface area contributed by atoms with Gasteiger partial charge in [-0.25, -0.2) is 0 Å². The molecular formula is C13H17N3. The van der Waals surface area contributed by atoms with E-state index in [0.29, 0.717) is 6.04 Å². The lowest BCUT2D eigenvalue weighted by Crippen LogP contribution is -2.13.